The summed E-state index contributed by atoms with van der Waals surface area (Å²) in [7, 11) is -2.10. The number of sulfonamides is 1. The van der Waals surface area contributed by atoms with Gasteiger partial charge in [-0.25, -0.2) is 13.4 Å². The zero-order valence-corrected chi connectivity index (χ0v) is 19.9. The first-order valence-corrected chi connectivity index (χ1v) is 12.6. The summed E-state index contributed by atoms with van der Waals surface area (Å²) in [4.78, 5) is 26.0. The lowest BCUT2D eigenvalue weighted by atomic mass is 10.2. The summed E-state index contributed by atoms with van der Waals surface area (Å²) in [6, 6.07) is 10.7. The Balaban J connectivity index is 1.16. The van der Waals surface area contributed by atoms with Gasteiger partial charge in [0.2, 0.25) is 27.6 Å². The summed E-state index contributed by atoms with van der Waals surface area (Å²) < 4.78 is 38.1. The highest BCUT2D eigenvalue weighted by molar-refractivity contribution is 7.89. The number of rotatable bonds is 7. The molecule has 0 aliphatic carbocycles. The molecule has 0 radical (unpaired) electrons. The van der Waals surface area contributed by atoms with Crippen molar-refractivity contribution in [3.05, 3.63) is 54.7 Å². The number of hydrogen-bond acceptors (Lipinski definition) is 8. The van der Waals surface area contributed by atoms with Crippen LogP contribution < -0.4 is 4.74 Å². The number of amides is 1. The third-order valence-corrected chi connectivity index (χ3v) is 7.93. The van der Waals surface area contributed by atoms with Gasteiger partial charge in [-0.2, -0.15) is 9.29 Å². The van der Waals surface area contributed by atoms with E-state index in [2.05, 4.69) is 20.1 Å². The van der Waals surface area contributed by atoms with Crippen LogP contribution in [0.4, 0.5) is 0 Å². The third-order valence-electron chi connectivity index (χ3n) is 5.99. The Morgan fingerprint density at radius 2 is 1.91 bits per heavy atom. The average Bonchev–Trinajstić information content (AvgIpc) is 3.55. The first-order valence-electron chi connectivity index (χ1n) is 11.1. The lowest BCUT2D eigenvalue weighted by Gasteiger charge is -2.33. The van der Waals surface area contributed by atoms with Gasteiger partial charge in [0.15, 0.2) is 0 Å². The van der Waals surface area contributed by atoms with Crippen molar-refractivity contribution in [3.8, 4) is 17.1 Å². The first kappa shape index (κ1) is 23.0. The van der Waals surface area contributed by atoms with Crippen LogP contribution in [0.2, 0.25) is 0 Å². The van der Waals surface area contributed by atoms with Crippen LogP contribution in [0.25, 0.3) is 22.4 Å². The second-order valence-corrected chi connectivity index (χ2v) is 9.98. The van der Waals surface area contributed by atoms with Crippen LogP contribution in [0, 0.1) is 0 Å². The average molecular weight is 497 g/mol. The van der Waals surface area contributed by atoms with E-state index in [0.717, 1.165) is 11.3 Å². The Hall–Kier alpha value is -3.77. The maximum atomic E-state index is 13.1. The van der Waals surface area contributed by atoms with Gasteiger partial charge in [-0.3, -0.25) is 4.79 Å². The lowest BCUT2D eigenvalue weighted by molar-refractivity contribution is -0.132. The summed E-state index contributed by atoms with van der Waals surface area (Å²) in [6.45, 7) is 1.09. The Morgan fingerprint density at radius 1 is 1.14 bits per heavy atom. The van der Waals surface area contributed by atoms with E-state index in [1.807, 2.05) is 24.3 Å². The summed E-state index contributed by atoms with van der Waals surface area (Å²) in [5, 5.41) is 4.54. The summed E-state index contributed by atoms with van der Waals surface area (Å²) in [6.07, 6.45) is 3.58. The van der Waals surface area contributed by atoms with E-state index in [4.69, 9.17) is 9.26 Å². The molecule has 35 heavy (non-hydrogen) atoms. The lowest BCUT2D eigenvalue weighted by Crippen LogP contribution is -2.50. The number of aromatic nitrogens is 4. The Labute approximate surface area is 201 Å². The molecule has 11 nitrogen and oxygen atoms in total. The minimum absolute atomic E-state index is 0.0810. The number of aromatic amines is 1. The van der Waals surface area contributed by atoms with E-state index in [-0.39, 0.29) is 30.3 Å². The molecule has 4 aromatic rings. The van der Waals surface area contributed by atoms with Crippen LogP contribution in [0.3, 0.4) is 0 Å². The predicted molar refractivity (Wildman–Crippen MR) is 126 cm³/mol. The molecule has 1 N–H and O–H groups in total. The molecule has 5 rings (SSSR count). The molecule has 1 aliphatic heterocycles. The third kappa shape index (κ3) is 4.62. The van der Waals surface area contributed by atoms with Crippen LogP contribution in [-0.4, -0.2) is 76.9 Å². The highest BCUT2D eigenvalue weighted by Crippen LogP contribution is 2.25. The topological polar surface area (TPSA) is 135 Å². The van der Waals surface area contributed by atoms with E-state index >= 15 is 0 Å². The Morgan fingerprint density at radius 3 is 2.66 bits per heavy atom. The van der Waals surface area contributed by atoms with Crippen LogP contribution in [0.15, 0.2) is 58.2 Å². The standard InChI is InChI=1S/C23H24N6O5S/c1-33-17-6-4-16(5-7-17)22-26-20(34-27-22)8-9-21(30)28-11-13-29(14-12-28)35(31,32)19-15-25-23-18(19)3-2-10-24-23/h2-7,10,15H,8-9,11-14H2,1H3,(H,24,25). The van der Waals surface area contributed by atoms with Crippen molar-refractivity contribution >= 4 is 27.0 Å². The van der Waals surface area contributed by atoms with Gasteiger partial charge in [0.05, 0.1) is 7.11 Å². The van der Waals surface area contributed by atoms with Crippen LogP contribution in [-0.2, 0) is 21.2 Å². The molecule has 1 fully saturated rings. The normalized spacial score (nSPS) is 14.9. The zero-order chi connectivity index (χ0) is 24.4. The largest absolute Gasteiger partial charge is 0.497 e. The molecule has 1 aromatic carbocycles. The smallest absolute Gasteiger partial charge is 0.245 e. The van der Waals surface area contributed by atoms with Crippen molar-refractivity contribution in [2.24, 2.45) is 0 Å². The summed E-state index contributed by atoms with van der Waals surface area (Å²) in [5.41, 5.74) is 1.31. The van der Waals surface area contributed by atoms with Crippen LogP contribution in [0.1, 0.15) is 12.3 Å². The van der Waals surface area contributed by atoms with Gasteiger partial charge in [0.25, 0.3) is 0 Å². The van der Waals surface area contributed by atoms with Crippen LogP contribution in [0.5, 0.6) is 5.75 Å². The van der Waals surface area contributed by atoms with Crippen molar-refractivity contribution in [2.45, 2.75) is 17.7 Å². The molecular weight excluding hydrogens is 472 g/mol. The molecule has 0 saturated carbocycles. The van der Waals surface area contributed by atoms with E-state index in [1.165, 1.54) is 10.5 Å². The number of benzene rings is 1. The number of methoxy groups -OCH3 is 1. The van der Waals surface area contributed by atoms with E-state index in [9.17, 15) is 13.2 Å². The molecule has 3 aromatic heterocycles. The molecule has 0 unspecified atom stereocenters. The molecule has 1 aliphatic rings. The number of aryl methyl sites for hydroxylation is 1. The second-order valence-electron chi connectivity index (χ2n) is 8.08. The molecule has 1 saturated heterocycles. The number of piperazine rings is 1. The molecule has 182 valence electrons. The number of hydrogen-bond donors (Lipinski definition) is 1. The number of nitrogens with one attached hydrogen (secondary N) is 1. The fraction of sp³-hybridized carbons (Fsp3) is 0.304. The minimum atomic E-state index is -3.69. The number of H-pyrrole nitrogens is 1. The van der Waals surface area contributed by atoms with Gasteiger partial charge in [0, 0.05) is 62.4 Å². The first-order chi connectivity index (χ1) is 17.0. The number of nitrogens with zero attached hydrogens (tertiary/aromatic N) is 5. The zero-order valence-electron chi connectivity index (χ0n) is 19.0. The number of fused-ring (bicyclic) bond motifs is 1. The highest BCUT2D eigenvalue weighted by Gasteiger charge is 2.32. The van der Waals surface area contributed by atoms with Crippen LogP contribution >= 0.6 is 0 Å². The number of pyridine rings is 1. The fourth-order valence-electron chi connectivity index (χ4n) is 4.05. The van der Waals surface area contributed by atoms with Gasteiger partial charge in [-0.15, -0.1) is 0 Å². The maximum Gasteiger partial charge on any atom is 0.245 e. The summed E-state index contributed by atoms with van der Waals surface area (Å²) >= 11 is 0. The molecule has 4 heterocycles. The van der Waals surface area contributed by atoms with E-state index in [0.29, 0.717) is 42.3 Å². The van der Waals surface area contributed by atoms with Gasteiger partial charge in [0.1, 0.15) is 16.3 Å². The molecule has 1 amide bonds. The Kier molecular flexibility index (Phi) is 6.22. The van der Waals surface area contributed by atoms with Crippen molar-refractivity contribution in [2.75, 3.05) is 33.3 Å². The molecular formula is C23H24N6O5S. The van der Waals surface area contributed by atoms with Gasteiger partial charge in [-0.05, 0) is 36.4 Å². The second kappa shape index (κ2) is 9.47. The number of carbonyl (C=O) groups is 1. The molecule has 0 spiro atoms. The molecule has 0 bridgehead atoms. The number of carbonyl (C=O) groups excluding carboxylic acids is 1. The van der Waals surface area contributed by atoms with Gasteiger partial charge < -0.3 is 19.1 Å². The van der Waals surface area contributed by atoms with Gasteiger partial charge >= 0.3 is 0 Å². The van der Waals surface area contributed by atoms with Crippen molar-refractivity contribution in [1.29, 1.82) is 0 Å². The fourth-order valence-corrected chi connectivity index (χ4v) is 5.62. The number of ether oxygens (including phenoxy) is 1. The van der Waals surface area contributed by atoms with E-state index in [1.54, 1.807) is 30.3 Å². The highest BCUT2D eigenvalue weighted by atomic mass is 32.2. The van der Waals surface area contributed by atoms with Crippen molar-refractivity contribution in [1.82, 2.24) is 29.3 Å². The monoisotopic (exact) mass is 496 g/mol. The quantitative estimate of drug-likeness (QED) is 0.411. The molecule has 12 heteroatoms. The Bertz CT molecular complexity index is 1440. The van der Waals surface area contributed by atoms with E-state index < -0.39 is 10.0 Å². The summed E-state index contributed by atoms with van der Waals surface area (Å²) in [5.74, 6) is 1.47. The predicted octanol–water partition coefficient (Wildman–Crippen LogP) is 2.09. The van der Waals surface area contributed by atoms with Gasteiger partial charge in [-0.1, -0.05) is 5.16 Å². The van der Waals surface area contributed by atoms with Crippen molar-refractivity contribution in [3.63, 3.8) is 0 Å². The molecule has 0 atom stereocenters. The maximum absolute atomic E-state index is 13.1. The van der Waals surface area contributed by atoms with Crippen molar-refractivity contribution < 1.29 is 22.5 Å². The SMILES string of the molecule is COc1ccc(-c2noc(CCC(=O)N3CCN(S(=O)(=O)c4c[nH]c5ncccc45)CC3)n2)cc1. The minimum Gasteiger partial charge on any atom is -0.497 e.